The maximum atomic E-state index is 6.19. The fourth-order valence-corrected chi connectivity index (χ4v) is 3.82. The van der Waals surface area contributed by atoms with Gasteiger partial charge >= 0.3 is 7.12 Å². The van der Waals surface area contributed by atoms with Gasteiger partial charge in [0.25, 0.3) is 0 Å². The van der Waals surface area contributed by atoms with E-state index in [0.29, 0.717) is 13.1 Å². The summed E-state index contributed by atoms with van der Waals surface area (Å²) in [6, 6.07) is 20.3. The molecule has 3 aromatic rings. The first-order valence-corrected chi connectivity index (χ1v) is 11.5. The van der Waals surface area contributed by atoms with Crippen molar-refractivity contribution in [2.75, 3.05) is 19.1 Å². The molecule has 2 aromatic carbocycles. The molecule has 0 atom stereocenters. The van der Waals surface area contributed by atoms with Crippen molar-refractivity contribution in [3.8, 4) is 11.5 Å². The molecule has 0 N–H and O–H groups in total. The Kier molecular flexibility index (Phi) is 6.87. The Morgan fingerprint density at radius 1 is 0.735 bits per heavy atom. The average Bonchev–Trinajstić information content (AvgIpc) is 3.06. The van der Waals surface area contributed by atoms with Crippen LogP contribution in [-0.2, 0) is 22.4 Å². The van der Waals surface area contributed by atoms with Crippen LogP contribution in [0.2, 0.25) is 0 Å². The van der Waals surface area contributed by atoms with Crippen molar-refractivity contribution < 1.29 is 18.8 Å². The minimum atomic E-state index is -0.428. The van der Waals surface area contributed by atoms with Crippen molar-refractivity contribution >= 4 is 18.4 Å². The normalized spacial score (nSPS) is 16.4. The summed E-state index contributed by atoms with van der Waals surface area (Å²) in [5.74, 6) is 2.57. The Bertz CT molecular complexity index is 1020. The Labute approximate surface area is 203 Å². The number of anilines is 1. The number of rotatable bonds is 8. The third-order valence-corrected chi connectivity index (χ3v) is 6.69. The van der Waals surface area contributed by atoms with Crippen molar-refractivity contribution in [1.82, 2.24) is 4.98 Å². The molecule has 1 aliphatic heterocycles. The molecular formula is C27H33BN2O4. The first kappa shape index (κ1) is 24.1. The standard InChI is InChI=1S/C27H33BN2O4/c1-26(2)27(3,4)34-28(33-26)22-11-16-25(29-17-22)30(18-20-7-12-23(31-5)13-8-20)19-21-9-14-24(32-6)15-10-21/h7-17H,18-19H2,1-6H3. The van der Waals surface area contributed by atoms with Gasteiger partial charge in [0.1, 0.15) is 17.3 Å². The van der Waals surface area contributed by atoms with Crippen LogP contribution < -0.4 is 19.8 Å². The average molecular weight is 460 g/mol. The topological polar surface area (TPSA) is 53.1 Å². The van der Waals surface area contributed by atoms with Crippen LogP contribution in [0.1, 0.15) is 38.8 Å². The Morgan fingerprint density at radius 3 is 1.59 bits per heavy atom. The zero-order chi connectivity index (χ0) is 24.3. The van der Waals surface area contributed by atoms with E-state index in [-0.39, 0.29) is 11.2 Å². The highest BCUT2D eigenvalue weighted by Gasteiger charge is 2.51. The van der Waals surface area contributed by atoms with Gasteiger partial charge in [-0.15, -0.1) is 0 Å². The second kappa shape index (κ2) is 9.68. The first-order chi connectivity index (χ1) is 16.2. The highest BCUT2D eigenvalue weighted by molar-refractivity contribution is 6.62. The van der Waals surface area contributed by atoms with Gasteiger partial charge in [-0.1, -0.05) is 30.3 Å². The molecule has 34 heavy (non-hydrogen) atoms. The number of hydrogen-bond acceptors (Lipinski definition) is 6. The van der Waals surface area contributed by atoms with E-state index in [0.717, 1.165) is 22.8 Å². The SMILES string of the molecule is COc1ccc(CN(Cc2ccc(OC)cc2)c2ccc(B3OC(C)(C)C(C)(C)O3)cn2)cc1. The van der Waals surface area contributed by atoms with Gasteiger partial charge in [-0.2, -0.15) is 0 Å². The summed E-state index contributed by atoms with van der Waals surface area (Å²) in [5.41, 5.74) is 2.49. The Morgan fingerprint density at radius 2 is 1.21 bits per heavy atom. The van der Waals surface area contributed by atoms with Crippen molar-refractivity contribution in [1.29, 1.82) is 0 Å². The van der Waals surface area contributed by atoms with Crippen LogP contribution in [0.3, 0.4) is 0 Å². The van der Waals surface area contributed by atoms with Gasteiger partial charge < -0.3 is 23.7 Å². The van der Waals surface area contributed by atoms with E-state index in [4.69, 9.17) is 23.8 Å². The monoisotopic (exact) mass is 460 g/mol. The lowest BCUT2D eigenvalue weighted by Gasteiger charge is -2.32. The molecule has 0 unspecified atom stereocenters. The van der Waals surface area contributed by atoms with Crippen molar-refractivity contribution in [2.24, 2.45) is 0 Å². The van der Waals surface area contributed by atoms with Crippen molar-refractivity contribution in [3.05, 3.63) is 78.0 Å². The van der Waals surface area contributed by atoms with E-state index in [1.54, 1.807) is 14.2 Å². The zero-order valence-electron chi connectivity index (χ0n) is 20.9. The molecule has 7 heteroatoms. The quantitative estimate of drug-likeness (QED) is 0.458. The number of nitrogens with zero attached hydrogens (tertiary/aromatic N) is 2. The molecule has 0 aliphatic carbocycles. The van der Waals surface area contributed by atoms with Crippen LogP contribution in [0.25, 0.3) is 0 Å². The molecule has 0 bridgehead atoms. The summed E-state index contributed by atoms with van der Waals surface area (Å²) in [6.45, 7) is 9.64. The maximum Gasteiger partial charge on any atom is 0.496 e. The summed E-state index contributed by atoms with van der Waals surface area (Å²) in [7, 11) is 2.93. The molecule has 4 rings (SSSR count). The van der Waals surface area contributed by atoms with Gasteiger partial charge in [-0.3, -0.25) is 0 Å². The number of methoxy groups -OCH3 is 2. The highest BCUT2D eigenvalue weighted by Crippen LogP contribution is 2.36. The second-order valence-electron chi connectivity index (χ2n) is 9.59. The third kappa shape index (κ3) is 5.21. The minimum Gasteiger partial charge on any atom is -0.497 e. The van der Waals surface area contributed by atoms with E-state index >= 15 is 0 Å². The largest absolute Gasteiger partial charge is 0.497 e. The molecule has 2 heterocycles. The molecule has 1 fully saturated rings. The lowest BCUT2D eigenvalue weighted by molar-refractivity contribution is 0.00578. The molecule has 178 valence electrons. The lowest BCUT2D eigenvalue weighted by Crippen LogP contribution is -2.41. The second-order valence-corrected chi connectivity index (χ2v) is 9.59. The summed E-state index contributed by atoms with van der Waals surface area (Å²) >= 11 is 0. The first-order valence-electron chi connectivity index (χ1n) is 11.5. The van der Waals surface area contributed by atoms with E-state index in [9.17, 15) is 0 Å². The molecule has 1 aromatic heterocycles. The van der Waals surface area contributed by atoms with E-state index in [1.807, 2.05) is 42.6 Å². The summed E-state index contributed by atoms with van der Waals surface area (Å²) < 4.78 is 23.0. The zero-order valence-corrected chi connectivity index (χ0v) is 20.9. The minimum absolute atomic E-state index is 0.384. The number of benzene rings is 2. The molecule has 0 radical (unpaired) electrons. The van der Waals surface area contributed by atoms with Crippen LogP contribution in [0.4, 0.5) is 5.82 Å². The fourth-order valence-electron chi connectivity index (χ4n) is 3.82. The van der Waals surface area contributed by atoms with Gasteiger partial charge in [0, 0.05) is 24.7 Å². The molecule has 0 amide bonds. The van der Waals surface area contributed by atoms with E-state index in [2.05, 4.69) is 56.9 Å². The smallest absolute Gasteiger partial charge is 0.496 e. The van der Waals surface area contributed by atoms with Crippen LogP contribution in [0.15, 0.2) is 66.9 Å². The van der Waals surface area contributed by atoms with Gasteiger partial charge in [0.2, 0.25) is 0 Å². The van der Waals surface area contributed by atoms with Crippen molar-refractivity contribution in [2.45, 2.75) is 52.0 Å². The predicted octanol–water partition coefficient (Wildman–Crippen LogP) is 4.60. The van der Waals surface area contributed by atoms with Gasteiger partial charge in [-0.05, 0) is 69.2 Å². The number of pyridine rings is 1. The summed E-state index contributed by atoms with van der Waals surface area (Å²) in [6.07, 6.45) is 1.85. The fraction of sp³-hybridized carbons (Fsp3) is 0.370. The number of hydrogen-bond donors (Lipinski definition) is 0. The van der Waals surface area contributed by atoms with Crippen LogP contribution in [0.5, 0.6) is 11.5 Å². The number of aromatic nitrogens is 1. The molecule has 1 saturated heterocycles. The molecule has 0 saturated carbocycles. The Balaban J connectivity index is 1.57. The van der Waals surface area contributed by atoms with Gasteiger partial charge in [0.15, 0.2) is 0 Å². The number of ether oxygens (including phenoxy) is 2. The molecule has 0 spiro atoms. The molecule has 1 aliphatic rings. The lowest BCUT2D eigenvalue weighted by atomic mass is 9.80. The van der Waals surface area contributed by atoms with Crippen LogP contribution in [-0.4, -0.2) is 37.5 Å². The molecule has 6 nitrogen and oxygen atoms in total. The van der Waals surface area contributed by atoms with E-state index < -0.39 is 7.12 Å². The van der Waals surface area contributed by atoms with Gasteiger partial charge in [0.05, 0.1) is 25.4 Å². The van der Waals surface area contributed by atoms with Crippen LogP contribution >= 0.6 is 0 Å². The van der Waals surface area contributed by atoms with Crippen molar-refractivity contribution in [3.63, 3.8) is 0 Å². The summed E-state index contributed by atoms with van der Waals surface area (Å²) in [5, 5.41) is 0. The van der Waals surface area contributed by atoms with Crippen LogP contribution in [0, 0.1) is 0 Å². The highest BCUT2D eigenvalue weighted by atomic mass is 16.7. The third-order valence-electron chi connectivity index (χ3n) is 6.69. The Hall–Kier alpha value is -3.03. The maximum absolute atomic E-state index is 6.19. The summed E-state index contributed by atoms with van der Waals surface area (Å²) in [4.78, 5) is 7.04. The van der Waals surface area contributed by atoms with E-state index in [1.165, 1.54) is 11.1 Å². The van der Waals surface area contributed by atoms with Gasteiger partial charge in [-0.25, -0.2) is 4.98 Å². The molecular weight excluding hydrogens is 427 g/mol. The predicted molar refractivity (Wildman–Crippen MR) is 136 cm³/mol.